The van der Waals surface area contributed by atoms with Crippen LogP contribution in [0.25, 0.3) is 6.08 Å². The molecule has 0 saturated heterocycles. The minimum absolute atomic E-state index is 0.119. The molecule has 6 nitrogen and oxygen atoms in total. The van der Waals surface area contributed by atoms with Gasteiger partial charge in [-0.2, -0.15) is 5.10 Å². The number of fused-ring (bicyclic) bond motifs is 1. The smallest absolute Gasteiger partial charge is 0.344 e. The summed E-state index contributed by atoms with van der Waals surface area (Å²) >= 11 is 6.27. The second-order valence-corrected chi connectivity index (χ2v) is 11.6. The van der Waals surface area contributed by atoms with Gasteiger partial charge < -0.3 is 9.47 Å². The number of halogens is 3. The van der Waals surface area contributed by atoms with E-state index in [0.717, 1.165) is 52.8 Å². The van der Waals surface area contributed by atoms with Gasteiger partial charge in [0.15, 0.2) is 13.2 Å². The monoisotopic (exact) mass is 606 g/mol. The number of amides is 1. The number of nitrogens with zero attached hydrogens (tertiary/aromatic N) is 2. The van der Waals surface area contributed by atoms with Gasteiger partial charge in [-0.15, -0.1) is 0 Å². The summed E-state index contributed by atoms with van der Waals surface area (Å²) in [5.41, 5.74) is 4.95. The van der Waals surface area contributed by atoms with E-state index in [9.17, 15) is 18.4 Å². The van der Waals surface area contributed by atoms with Gasteiger partial charge in [0.2, 0.25) is 0 Å². The van der Waals surface area contributed by atoms with Crippen LogP contribution in [-0.2, 0) is 14.3 Å². The third kappa shape index (κ3) is 6.96. The summed E-state index contributed by atoms with van der Waals surface area (Å²) in [5, 5.41) is 6.70. The van der Waals surface area contributed by atoms with Gasteiger partial charge in [-0.1, -0.05) is 49.7 Å². The molecule has 1 saturated carbocycles. The molecule has 5 rings (SSSR count). The van der Waals surface area contributed by atoms with Crippen LogP contribution in [-0.4, -0.2) is 35.8 Å². The zero-order valence-corrected chi connectivity index (χ0v) is 25.0. The van der Waals surface area contributed by atoms with Crippen LogP contribution in [0.1, 0.15) is 67.3 Å². The van der Waals surface area contributed by atoms with E-state index in [-0.39, 0.29) is 30.1 Å². The van der Waals surface area contributed by atoms with Gasteiger partial charge in [0.25, 0.3) is 5.91 Å². The predicted molar refractivity (Wildman–Crippen MR) is 162 cm³/mol. The lowest BCUT2D eigenvalue weighted by atomic mass is 9.77. The second kappa shape index (κ2) is 13.1. The van der Waals surface area contributed by atoms with Gasteiger partial charge in [-0.3, -0.25) is 4.79 Å². The molecular weight excluding hydrogens is 574 g/mol. The van der Waals surface area contributed by atoms with Gasteiger partial charge in [0.1, 0.15) is 17.4 Å². The Hall–Kier alpha value is -4.04. The van der Waals surface area contributed by atoms with Gasteiger partial charge in [-0.05, 0) is 102 Å². The van der Waals surface area contributed by atoms with E-state index in [0.29, 0.717) is 10.8 Å². The number of carbonyl (C=O) groups excluding carboxylic acids is 2. The predicted octanol–water partition coefficient (Wildman–Crippen LogP) is 7.80. The quantitative estimate of drug-likeness (QED) is 0.245. The first-order chi connectivity index (χ1) is 20.6. The number of aryl methyl sites for hydroxylation is 1. The summed E-state index contributed by atoms with van der Waals surface area (Å²) in [7, 11) is 0. The molecule has 224 valence electrons. The second-order valence-electron chi connectivity index (χ2n) is 11.2. The Bertz CT molecular complexity index is 1570. The molecule has 43 heavy (non-hydrogen) atoms. The number of ether oxygens (including phenoxy) is 2. The Balaban J connectivity index is 1.33. The van der Waals surface area contributed by atoms with Crippen molar-refractivity contribution in [2.24, 2.45) is 11.0 Å². The lowest BCUT2D eigenvalue weighted by molar-refractivity contribution is -0.154. The highest BCUT2D eigenvalue weighted by molar-refractivity contribution is 6.31. The van der Waals surface area contributed by atoms with E-state index >= 15 is 0 Å². The molecule has 2 unspecified atom stereocenters. The number of rotatable bonds is 8. The third-order valence-corrected chi connectivity index (χ3v) is 8.20. The standard InChI is InChI=1S/C34H33ClF2N2O4/c1-20(2)28-17-29(35)21(3)15-30(28)42-19-32(41)43-18-31(40)39-34(23-9-13-26(37)14-10-23)27-6-4-5-24(33(27)38-39)16-22-7-11-25(36)12-8-22/h7-17,20,27,34H,4-6,18-19H2,1-3H3/b24-16-. The summed E-state index contributed by atoms with van der Waals surface area (Å²) in [5.74, 6) is -1.38. The normalized spacial score (nSPS) is 18.9. The largest absolute Gasteiger partial charge is 0.482 e. The fourth-order valence-electron chi connectivity index (χ4n) is 5.59. The van der Waals surface area contributed by atoms with Crippen molar-refractivity contribution < 1.29 is 27.8 Å². The molecule has 1 aliphatic heterocycles. The summed E-state index contributed by atoms with van der Waals surface area (Å²) in [4.78, 5) is 26.1. The Morgan fingerprint density at radius 1 is 1.05 bits per heavy atom. The number of hydrazone groups is 1. The van der Waals surface area contributed by atoms with Gasteiger partial charge in [0, 0.05) is 10.9 Å². The van der Waals surface area contributed by atoms with E-state index in [2.05, 4.69) is 0 Å². The lowest BCUT2D eigenvalue weighted by Gasteiger charge is -2.29. The minimum atomic E-state index is -0.699. The maximum Gasteiger partial charge on any atom is 0.344 e. The van der Waals surface area contributed by atoms with Crippen LogP contribution in [0.4, 0.5) is 8.78 Å². The molecule has 1 aliphatic carbocycles. The number of hydrogen-bond acceptors (Lipinski definition) is 5. The number of carbonyl (C=O) groups is 2. The van der Waals surface area contributed by atoms with Crippen LogP contribution in [0.3, 0.4) is 0 Å². The van der Waals surface area contributed by atoms with Gasteiger partial charge in [-0.25, -0.2) is 18.6 Å². The van der Waals surface area contributed by atoms with E-state index in [1.165, 1.54) is 29.3 Å². The molecule has 1 fully saturated rings. The molecule has 0 bridgehead atoms. The van der Waals surface area contributed by atoms with Crippen LogP contribution in [0, 0.1) is 24.5 Å². The summed E-state index contributed by atoms with van der Waals surface area (Å²) in [6.45, 7) is 4.94. The van der Waals surface area contributed by atoms with E-state index < -0.39 is 24.5 Å². The fraction of sp³-hybridized carbons (Fsp3) is 0.324. The van der Waals surface area contributed by atoms with E-state index in [4.69, 9.17) is 26.2 Å². The van der Waals surface area contributed by atoms with E-state index in [1.54, 1.807) is 30.3 Å². The number of hydrogen-bond donors (Lipinski definition) is 0. The highest BCUT2D eigenvalue weighted by atomic mass is 35.5. The first kappa shape index (κ1) is 30.4. The molecule has 1 amide bonds. The molecule has 3 aromatic rings. The van der Waals surface area contributed by atoms with Crippen LogP contribution in [0.2, 0.25) is 5.02 Å². The van der Waals surface area contributed by atoms with Crippen LogP contribution >= 0.6 is 11.6 Å². The van der Waals surface area contributed by atoms with Crippen LogP contribution in [0.15, 0.2) is 71.3 Å². The fourth-order valence-corrected chi connectivity index (χ4v) is 5.77. The van der Waals surface area contributed by atoms with Crippen molar-refractivity contribution in [3.05, 3.63) is 105 Å². The molecule has 1 heterocycles. The third-order valence-electron chi connectivity index (χ3n) is 7.79. The van der Waals surface area contributed by atoms with Crippen molar-refractivity contribution in [3.63, 3.8) is 0 Å². The zero-order valence-electron chi connectivity index (χ0n) is 24.3. The Morgan fingerprint density at radius 3 is 2.40 bits per heavy atom. The van der Waals surface area contributed by atoms with Crippen molar-refractivity contribution in [1.29, 1.82) is 0 Å². The first-order valence-electron chi connectivity index (χ1n) is 14.3. The minimum Gasteiger partial charge on any atom is -0.482 e. The number of allylic oxidation sites excluding steroid dienone is 1. The van der Waals surface area contributed by atoms with Crippen molar-refractivity contribution in [3.8, 4) is 5.75 Å². The van der Waals surface area contributed by atoms with E-state index in [1.807, 2.05) is 32.9 Å². The molecule has 0 aromatic heterocycles. The van der Waals surface area contributed by atoms with Crippen molar-refractivity contribution in [2.75, 3.05) is 13.2 Å². The molecule has 0 radical (unpaired) electrons. The average Bonchev–Trinajstić information content (AvgIpc) is 3.38. The first-order valence-corrected chi connectivity index (χ1v) is 14.7. The zero-order chi connectivity index (χ0) is 30.7. The Morgan fingerprint density at radius 2 is 1.72 bits per heavy atom. The van der Waals surface area contributed by atoms with Crippen LogP contribution < -0.4 is 4.74 Å². The Labute approximate surface area is 254 Å². The maximum absolute atomic E-state index is 13.8. The molecule has 9 heteroatoms. The Kier molecular flexibility index (Phi) is 9.25. The van der Waals surface area contributed by atoms with Crippen molar-refractivity contribution in [1.82, 2.24) is 5.01 Å². The summed E-state index contributed by atoms with van der Waals surface area (Å²) in [6.07, 6.45) is 4.35. The molecule has 0 spiro atoms. The number of benzene rings is 3. The molecule has 3 aromatic carbocycles. The summed E-state index contributed by atoms with van der Waals surface area (Å²) in [6, 6.07) is 15.3. The SMILES string of the molecule is Cc1cc(OCC(=O)OCC(=O)N2N=C3/C(=C\c4ccc(F)cc4)CCCC3C2c2ccc(F)cc2)c(C(C)C)cc1Cl. The maximum atomic E-state index is 13.8. The van der Waals surface area contributed by atoms with Crippen LogP contribution in [0.5, 0.6) is 5.75 Å². The molecular formula is C34H33ClF2N2O4. The summed E-state index contributed by atoms with van der Waals surface area (Å²) < 4.78 is 38.3. The lowest BCUT2D eigenvalue weighted by Crippen LogP contribution is -2.35. The topological polar surface area (TPSA) is 68.2 Å². The average molecular weight is 607 g/mol. The number of esters is 1. The molecule has 0 N–H and O–H groups in total. The van der Waals surface area contributed by atoms with Crippen molar-refractivity contribution >= 4 is 35.3 Å². The highest BCUT2D eigenvalue weighted by Gasteiger charge is 2.43. The van der Waals surface area contributed by atoms with Gasteiger partial charge in [0.05, 0.1) is 11.8 Å². The van der Waals surface area contributed by atoms with Gasteiger partial charge >= 0.3 is 5.97 Å². The molecule has 2 atom stereocenters. The van der Waals surface area contributed by atoms with Crippen molar-refractivity contribution in [2.45, 2.75) is 52.0 Å². The highest BCUT2D eigenvalue weighted by Crippen LogP contribution is 2.44. The molecule has 2 aliphatic rings.